The minimum Gasteiger partial charge on any atom is -0.508 e. The monoisotopic (exact) mass is 409 g/mol. The molecule has 1 atom stereocenters. The molecule has 0 amide bonds. The molecule has 0 saturated carbocycles. The van der Waals surface area contributed by atoms with Crippen LogP contribution in [0, 0.1) is 0 Å². The molecule has 25 heavy (non-hydrogen) atoms. The van der Waals surface area contributed by atoms with Gasteiger partial charge >= 0.3 is 0 Å². The predicted molar refractivity (Wildman–Crippen MR) is 108 cm³/mol. The van der Waals surface area contributed by atoms with E-state index in [4.69, 9.17) is 4.99 Å². The van der Waals surface area contributed by atoms with Gasteiger partial charge < -0.3 is 5.11 Å². The molecule has 1 N–H and O–H groups in total. The van der Waals surface area contributed by atoms with Crippen molar-refractivity contribution in [2.45, 2.75) is 16.6 Å². The summed E-state index contributed by atoms with van der Waals surface area (Å²) in [6.07, 6.45) is 0.839. The topological polar surface area (TPSA) is 32.6 Å². The Balaban J connectivity index is 1.78. The lowest BCUT2D eigenvalue weighted by Crippen LogP contribution is -2.05. The van der Waals surface area contributed by atoms with Crippen LogP contribution in [0.5, 0.6) is 5.75 Å². The smallest absolute Gasteiger partial charge is 0.115 e. The van der Waals surface area contributed by atoms with Crippen molar-refractivity contribution in [2.75, 3.05) is 0 Å². The molecule has 0 bridgehead atoms. The van der Waals surface area contributed by atoms with E-state index < -0.39 is 0 Å². The Morgan fingerprint density at radius 1 is 0.920 bits per heavy atom. The van der Waals surface area contributed by atoms with Crippen molar-refractivity contribution in [1.29, 1.82) is 0 Å². The fourth-order valence-corrected chi connectivity index (χ4v) is 4.41. The molecule has 0 aliphatic carbocycles. The number of phenols is 1. The molecular formula is C21H16BrNOS. The number of aromatic hydroxyl groups is 1. The van der Waals surface area contributed by atoms with E-state index in [2.05, 4.69) is 58.4 Å². The maximum Gasteiger partial charge on any atom is 0.115 e. The minimum atomic E-state index is 0.256. The maximum absolute atomic E-state index is 9.59. The summed E-state index contributed by atoms with van der Waals surface area (Å²) in [7, 11) is 0. The molecule has 124 valence electrons. The summed E-state index contributed by atoms with van der Waals surface area (Å²) >= 11 is 5.33. The largest absolute Gasteiger partial charge is 0.508 e. The van der Waals surface area contributed by atoms with E-state index in [1.807, 2.05) is 30.0 Å². The van der Waals surface area contributed by atoms with E-state index in [0.717, 1.165) is 27.9 Å². The van der Waals surface area contributed by atoms with E-state index in [1.165, 1.54) is 10.5 Å². The number of rotatable bonds is 2. The van der Waals surface area contributed by atoms with Gasteiger partial charge in [0, 0.05) is 26.8 Å². The number of nitrogens with zero attached hydrogens (tertiary/aromatic N) is 1. The normalized spacial score (nSPS) is 16.7. The molecule has 1 aliphatic rings. The number of thioether (sulfide) groups is 1. The number of benzene rings is 3. The van der Waals surface area contributed by atoms with Gasteiger partial charge in [-0.3, -0.25) is 4.99 Å². The van der Waals surface area contributed by atoms with Gasteiger partial charge in [0.1, 0.15) is 5.75 Å². The van der Waals surface area contributed by atoms with Gasteiger partial charge in [-0.2, -0.15) is 0 Å². The highest BCUT2D eigenvalue weighted by Crippen LogP contribution is 2.45. The molecule has 2 nitrogen and oxygen atoms in total. The summed E-state index contributed by atoms with van der Waals surface area (Å²) in [5.74, 6) is 0.296. The van der Waals surface area contributed by atoms with Gasteiger partial charge in [-0.05, 0) is 47.5 Å². The quantitative estimate of drug-likeness (QED) is 0.522. The molecule has 4 heteroatoms. The molecule has 1 aliphatic heterocycles. The number of para-hydroxylation sites is 1. The Kier molecular flexibility index (Phi) is 4.64. The van der Waals surface area contributed by atoms with Crippen molar-refractivity contribution < 1.29 is 5.11 Å². The molecule has 0 fully saturated rings. The SMILES string of the molecule is Oc1ccc([C@@H]2CC(c3ccc(Br)cc3)=Nc3ccccc3S2)cc1. The highest BCUT2D eigenvalue weighted by molar-refractivity contribution is 9.10. The van der Waals surface area contributed by atoms with Crippen LogP contribution in [0.2, 0.25) is 0 Å². The molecule has 0 spiro atoms. The summed E-state index contributed by atoms with van der Waals surface area (Å²) in [6, 6.07) is 24.1. The Morgan fingerprint density at radius 3 is 2.40 bits per heavy atom. The number of phenolic OH excluding ortho intramolecular Hbond substituents is 1. The van der Waals surface area contributed by atoms with Gasteiger partial charge in [-0.15, -0.1) is 11.8 Å². The van der Waals surface area contributed by atoms with Gasteiger partial charge in [0.15, 0.2) is 0 Å². The highest BCUT2D eigenvalue weighted by Gasteiger charge is 2.22. The average molecular weight is 410 g/mol. The van der Waals surface area contributed by atoms with E-state index in [9.17, 15) is 5.11 Å². The van der Waals surface area contributed by atoms with Crippen LogP contribution in [-0.2, 0) is 0 Å². The summed E-state index contributed by atoms with van der Waals surface area (Å²) < 4.78 is 1.07. The Bertz CT molecular complexity index is 919. The lowest BCUT2D eigenvalue weighted by atomic mass is 10.0. The zero-order chi connectivity index (χ0) is 17.2. The van der Waals surface area contributed by atoms with E-state index in [1.54, 1.807) is 12.1 Å². The maximum atomic E-state index is 9.59. The van der Waals surface area contributed by atoms with Crippen molar-refractivity contribution in [1.82, 2.24) is 0 Å². The first-order chi connectivity index (χ1) is 12.2. The van der Waals surface area contributed by atoms with Gasteiger partial charge in [0.05, 0.1) is 5.69 Å². The van der Waals surface area contributed by atoms with Crippen molar-refractivity contribution in [2.24, 2.45) is 4.99 Å². The van der Waals surface area contributed by atoms with Crippen LogP contribution < -0.4 is 0 Å². The second-order valence-electron chi connectivity index (χ2n) is 5.94. The first kappa shape index (κ1) is 16.4. The van der Waals surface area contributed by atoms with E-state index in [0.29, 0.717) is 5.75 Å². The van der Waals surface area contributed by atoms with Gasteiger partial charge in [0.25, 0.3) is 0 Å². The zero-order valence-electron chi connectivity index (χ0n) is 13.4. The third-order valence-corrected chi connectivity index (χ3v) is 6.06. The van der Waals surface area contributed by atoms with Crippen LogP contribution >= 0.6 is 27.7 Å². The van der Waals surface area contributed by atoms with E-state index in [-0.39, 0.29) is 5.25 Å². The molecule has 4 rings (SSSR count). The third-order valence-electron chi connectivity index (χ3n) is 4.21. The summed E-state index contributed by atoms with van der Waals surface area (Å²) in [5, 5.41) is 9.85. The van der Waals surface area contributed by atoms with Crippen molar-refractivity contribution in [3.8, 4) is 5.75 Å². The van der Waals surface area contributed by atoms with Gasteiger partial charge in [-0.1, -0.05) is 52.3 Å². The van der Waals surface area contributed by atoms with Crippen molar-refractivity contribution in [3.05, 3.63) is 88.4 Å². The second kappa shape index (κ2) is 7.06. The summed E-state index contributed by atoms with van der Waals surface area (Å²) in [5.41, 5.74) is 4.45. The predicted octanol–water partition coefficient (Wildman–Crippen LogP) is 6.51. The Hall–Kier alpha value is -2.04. The number of hydrogen-bond acceptors (Lipinski definition) is 3. The molecule has 0 saturated heterocycles. The molecule has 3 aromatic carbocycles. The molecule has 3 aromatic rings. The average Bonchev–Trinajstić information content (AvgIpc) is 2.82. The van der Waals surface area contributed by atoms with Crippen LogP contribution in [0.25, 0.3) is 0 Å². The lowest BCUT2D eigenvalue weighted by molar-refractivity contribution is 0.475. The van der Waals surface area contributed by atoms with Gasteiger partial charge in [0.2, 0.25) is 0 Å². The summed E-state index contributed by atoms with van der Waals surface area (Å²) in [4.78, 5) is 6.15. The summed E-state index contributed by atoms with van der Waals surface area (Å²) in [6.45, 7) is 0. The van der Waals surface area contributed by atoms with E-state index >= 15 is 0 Å². The van der Waals surface area contributed by atoms with Gasteiger partial charge in [-0.25, -0.2) is 0 Å². The number of aliphatic imine (C=N–C) groups is 1. The number of hydrogen-bond donors (Lipinski definition) is 1. The molecule has 1 heterocycles. The minimum absolute atomic E-state index is 0.256. The van der Waals surface area contributed by atoms with Crippen LogP contribution in [-0.4, -0.2) is 10.8 Å². The van der Waals surface area contributed by atoms with Crippen molar-refractivity contribution >= 4 is 39.1 Å². The molecule has 0 aromatic heterocycles. The Morgan fingerprint density at radius 2 is 1.64 bits per heavy atom. The number of fused-ring (bicyclic) bond motifs is 1. The highest BCUT2D eigenvalue weighted by atomic mass is 79.9. The van der Waals surface area contributed by atoms with Crippen LogP contribution in [0.3, 0.4) is 0 Å². The Labute approximate surface area is 159 Å². The fourth-order valence-electron chi connectivity index (χ4n) is 2.91. The fraction of sp³-hybridized carbons (Fsp3) is 0.0952. The first-order valence-corrected chi connectivity index (χ1v) is 9.74. The standard InChI is InChI=1S/C21H16BrNOS/c22-16-9-5-14(6-10-16)19-13-21(15-7-11-17(24)12-8-15)25-20-4-2-1-3-18(20)23-19/h1-12,21,24H,13H2/t21-/m0/s1. The van der Waals surface area contributed by atoms with Crippen LogP contribution in [0.4, 0.5) is 5.69 Å². The third kappa shape index (κ3) is 3.65. The van der Waals surface area contributed by atoms with Crippen LogP contribution in [0.1, 0.15) is 22.8 Å². The second-order valence-corrected chi connectivity index (χ2v) is 8.10. The van der Waals surface area contributed by atoms with Crippen LogP contribution in [0.15, 0.2) is 87.2 Å². The van der Waals surface area contributed by atoms with Crippen molar-refractivity contribution in [3.63, 3.8) is 0 Å². The zero-order valence-corrected chi connectivity index (χ0v) is 15.8. The first-order valence-electron chi connectivity index (χ1n) is 8.07. The molecular weight excluding hydrogens is 394 g/mol. The lowest BCUT2D eigenvalue weighted by Gasteiger charge is -2.16. The number of halogens is 1. The molecule has 0 unspecified atom stereocenters. The molecule has 0 radical (unpaired) electrons.